The highest BCUT2D eigenvalue weighted by Gasteiger charge is 2.28. The number of hydrogen-bond acceptors (Lipinski definition) is 3. The molecule has 2 heterocycles. The molecule has 0 spiro atoms. The quantitative estimate of drug-likeness (QED) is 0.880. The van der Waals surface area contributed by atoms with E-state index in [0.717, 1.165) is 37.4 Å². The van der Waals surface area contributed by atoms with Crippen LogP contribution in [0.4, 0.5) is 5.69 Å². The lowest BCUT2D eigenvalue weighted by atomic mass is 9.96. The molecule has 2 N–H and O–H groups in total. The number of amides is 1. The average molecular weight is 273 g/mol. The molecular weight excluding hydrogens is 250 g/mol. The molecule has 4 heteroatoms. The highest BCUT2D eigenvalue weighted by molar-refractivity contribution is 5.88. The monoisotopic (exact) mass is 273 g/mol. The van der Waals surface area contributed by atoms with Gasteiger partial charge in [-0.1, -0.05) is 18.2 Å². The molecular formula is C16H23N3O. The number of para-hydroxylation sites is 1. The lowest BCUT2D eigenvalue weighted by Gasteiger charge is -2.29. The van der Waals surface area contributed by atoms with Crippen molar-refractivity contribution in [2.45, 2.75) is 18.8 Å². The maximum atomic E-state index is 12.4. The van der Waals surface area contributed by atoms with Gasteiger partial charge in [-0.3, -0.25) is 4.79 Å². The molecule has 2 aliphatic rings. The number of carbonyl (C=O) groups is 1. The third-order valence-corrected chi connectivity index (χ3v) is 4.55. The Kier molecular flexibility index (Phi) is 3.92. The Morgan fingerprint density at radius 1 is 1.35 bits per heavy atom. The predicted octanol–water partition coefficient (Wildman–Crippen LogP) is 1.65. The van der Waals surface area contributed by atoms with Gasteiger partial charge in [0, 0.05) is 18.8 Å². The molecule has 4 nitrogen and oxygen atoms in total. The van der Waals surface area contributed by atoms with Gasteiger partial charge in [-0.25, -0.2) is 0 Å². The Labute approximate surface area is 120 Å². The second-order valence-corrected chi connectivity index (χ2v) is 6.01. The van der Waals surface area contributed by atoms with E-state index in [1.807, 2.05) is 18.2 Å². The summed E-state index contributed by atoms with van der Waals surface area (Å²) < 4.78 is 0. The summed E-state index contributed by atoms with van der Waals surface area (Å²) in [6, 6.07) is 8.10. The first-order chi connectivity index (χ1) is 9.74. The molecule has 3 rings (SSSR count). The van der Waals surface area contributed by atoms with E-state index in [0.29, 0.717) is 5.92 Å². The van der Waals surface area contributed by atoms with Gasteiger partial charge >= 0.3 is 0 Å². The molecule has 1 saturated heterocycles. The van der Waals surface area contributed by atoms with Crippen LogP contribution in [0.2, 0.25) is 0 Å². The van der Waals surface area contributed by atoms with Crippen molar-refractivity contribution in [3.63, 3.8) is 0 Å². The van der Waals surface area contributed by atoms with Gasteiger partial charge in [0.25, 0.3) is 0 Å². The van der Waals surface area contributed by atoms with Crippen LogP contribution in [0.15, 0.2) is 24.3 Å². The van der Waals surface area contributed by atoms with Crippen LogP contribution < -0.4 is 10.6 Å². The summed E-state index contributed by atoms with van der Waals surface area (Å²) in [5.74, 6) is 0.776. The maximum absolute atomic E-state index is 12.4. The van der Waals surface area contributed by atoms with Crippen LogP contribution in [0.1, 0.15) is 24.3 Å². The number of benzene rings is 1. The fourth-order valence-corrected chi connectivity index (χ4v) is 3.15. The van der Waals surface area contributed by atoms with Crippen LogP contribution >= 0.6 is 0 Å². The van der Waals surface area contributed by atoms with Crippen molar-refractivity contribution in [2.24, 2.45) is 5.92 Å². The summed E-state index contributed by atoms with van der Waals surface area (Å²) in [7, 11) is 2.16. The summed E-state index contributed by atoms with van der Waals surface area (Å²) >= 11 is 0. The van der Waals surface area contributed by atoms with E-state index in [9.17, 15) is 4.79 Å². The summed E-state index contributed by atoms with van der Waals surface area (Å²) in [5, 5.41) is 6.46. The average Bonchev–Trinajstić information content (AvgIpc) is 2.90. The van der Waals surface area contributed by atoms with Crippen LogP contribution in [-0.4, -0.2) is 44.0 Å². The van der Waals surface area contributed by atoms with Crippen molar-refractivity contribution in [1.82, 2.24) is 10.2 Å². The molecule has 1 amide bonds. The van der Waals surface area contributed by atoms with E-state index in [1.165, 1.54) is 12.8 Å². The van der Waals surface area contributed by atoms with Crippen molar-refractivity contribution in [3.8, 4) is 0 Å². The Hall–Kier alpha value is -1.55. The first kappa shape index (κ1) is 13.4. The van der Waals surface area contributed by atoms with Crippen molar-refractivity contribution in [2.75, 3.05) is 38.5 Å². The molecule has 0 saturated carbocycles. The van der Waals surface area contributed by atoms with Crippen molar-refractivity contribution < 1.29 is 4.79 Å². The lowest BCUT2D eigenvalue weighted by molar-refractivity contribution is -0.122. The van der Waals surface area contributed by atoms with E-state index in [2.05, 4.69) is 28.6 Å². The minimum atomic E-state index is -0.0301. The molecule has 1 fully saturated rings. The van der Waals surface area contributed by atoms with Crippen molar-refractivity contribution in [3.05, 3.63) is 29.8 Å². The zero-order valence-corrected chi connectivity index (χ0v) is 12.1. The van der Waals surface area contributed by atoms with Crippen LogP contribution in [0.5, 0.6) is 0 Å². The standard InChI is InChI=1S/C16H23N3O/c1-19-8-6-12(7-9-19)10-18-16(20)14-11-17-15-5-3-2-4-13(14)15/h2-5,12,14,17H,6-11H2,1H3,(H,18,20). The second-order valence-electron chi connectivity index (χ2n) is 6.01. The van der Waals surface area contributed by atoms with Gasteiger partial charge in [0.15, 0.2) is 0 Å². The molecule has 0 bridgehead atoms. The van der Waals surface area contributed by atoms with Gasteiger partial charge < -0.3 is 15.5 Å². The number of piperidine rings is 1. The molecule has 0 aromatic heterocycles. The van der Waals surface area contributed by atoms with Gasteiger partial charge in [-0.2, -0.15) is 0 Å². The van der Waals surface area contributed by atoms with Gasteiger partial charge in [-0.05, 0) is 50.5 Å². The number of anilines is 1. The van der Waals surface area contributed by atoms with Gasteiger partial charge in [0.05, 0.1) is 5.92 Å². The van der Waals surface area contributed by atoms with E-state index >= 15 is 0 Å². The van der Waals surface area contributed by atoms with Crippen LogP contribution in [0.25, 0.3) is 0 Å². The van der Waals surface area contributed by atoms with Crippen molar-refractivity contribution in [1.29, 1.82) is 0 Å². The van der Waals surface area contributed by atoms with E-state index in [4.69, 9.17) is 0 Å². The molecule has 1 atom stereocenters. The topological polar surface area (TPSA) is 44.4 Å². The normalized spacial score (nSPS) is 23.1. The first-order valence-electron chi connectivity index (χ1n) is 7.53. The highest BCUT2D eigenvalue weighted by atomic mass is 16.1. The molecule has 0 radical (unpaired) electrons. The van der Waals surface area contributed by atoms with Gasteiger partial charge in [0.2, 0.25) is 5.91 Å². The third kappa shape index (κ3) is 2.80. The number of nitrogens with one attached hydrogen (secondary N) is 2. The number of hydrogen-bond donors (Lipinski definition) is 2. The number of likely N-dealkylation sites (tertiary alicyclic amines) is 1. The predicted molar refractivity (Wildman–Crippen MR) is 80.9 cm³/mol. The van der Waals surface area contributed by atoms with Crippen molar-refractivity contribution >= 4 is 11.6 Å². The number of carbonyl (C=O) groups excluding carboxylic acids is 1. The molecule has 1 aromatic carbocycles. The molecule has 0 aliphatic carbocycles. The summed E-state index contributed by atoms with van der Waals surface area (Å²) in [6.07, 6.45) is 2.38. The van der Waals surface area contributed by atoms with E-state index < -0.39 is 0 Å². The maximum Gasteiger partial charge on any atom is 0.229 e. The van der Waals surface area contributed by atoms with Crippen LogP contribution in [0.3, 0.4) is 0 Å². The molecule has 108 valence electrons. The minimum Gasteiger partial charge on any atom is -0.384 e. The zero-order valence-electron chi connectivity index (χ0n) is 12.1. The minimum absolute atomic E-state index is 0.0301. The highest BCUT2D eigenvalue weighted by Crippen LogP contribution is 2.31. The Balaban J connectivity index is 1.53. The summed E-state index contributed by atoms with van der Waals surface area (Å²) in [6.45, 7) is 3.84. The lowest BCUT2D eigenvalue weighted by Crippen LogP contribution is -2.38. The van der Waals surface area contributed by atoms with Gasteiger partial charge in [-0.15, -0.1) is 0 Å². The van der Waals surface area contributed by atoms with E-state index in [-0.39, 0.29) is 11.8 Å². The van der Waals surface area contributed by atoms with Crippen LogP contribution in [-0.2, 0) is 4.79 Å². The molecule has 1 aromatic rings. The Bertz CT molecular complexity index is 480. The van der Waals surface area contributed by atoms with Gasteiger partial charge in [0.1, 0.15) is 0 Å². The second kappa shape index (κ2) is 5.83. The summed E-state index contributed by atoms with van der Waals surface area (Å²) in [4.78, 5) is 14.7. The SMILES string of the molecule is CN1CCC(CNC(=O)C2CNc3ccccc32)CC1. The fourth-order valence-electron chi connectivity index (χ4n) is 3.15. The fraction of sp³-hybridized carbons (Fsp3) is 0.562. The number of nitrogens with zero attached hydrogens (tertiary/aromatic N) is 1. The Morgan fingerprint density at radius 2 is 2.10 bits per heavy atom. The molecule has 2 aliphatic heterocycles. The number of fused-ring (bicyclic) bond motifs is 1. The van der Waals surface area contributed by atoms with E-state index in [1.54, 1.807) is 0 Å². The van der Waals surface area contributed by atoms with Crippen LogP contribution in [0, 0.1) is 5.92 Å². The molecule has 20 heavy (non-hydrogen) atoms. The largest absolute Gasteiger partial charge is 0.384 e. The Morgan fingerprint density at radius 3 is 2.90 bits per heavy atom. The number of rotatable bonds is 3. The first-order valence-corrected chi connectivity index (χ1v) is 7.53. The zero-order chi connectivity index (χ0) is 13.9. The summed E-state index contributed by atoms with van der Waals surface area (Å²) in [5.41, 5.74) is 2.24. The smallest absolute Gasteiger partial charge is 0.229 e. The third-order valence-electron chi connectivity index (χ3n) is 4.55. The molecule has 1 unspecified atom stereocenters.